The lowest BCUT2D eigenvalue weighted by Crippen LogP contribution is -2.57. The number of aliphatic carboxylic acids is 2. The number of halogens is 6. The van der Waals surface area contributed by atoms with E-state index in [4.69, 9.17) is 39.0 Å². The first-order valence-electron chi connectivity index (χ1n) is 13.7. The molecule has 3 heterocycles. The van der Waals surface area contributed by atoms with Gasteiger partial charge in [-0.05, 0) is 57.2 Å². The summed E-state index contributed by atoms with van der Waals surface area (Å²) < 4.78 is 80.4. The minimum atomic E-state index is -5.08. The third-order valence-corrected chi connectivity index (χ3v) is 6.70. The summed E-state index contributed by atoms with van der Waals surface area (Å²) in [4.78, 5) is 43.5. The fourth-order valence-corrected chi connectivity index (χ4v) is 4.59. The molecule has 0 bridgehead atoms. The smallest absolute Gasteiger partial charge is 0.490 e. The first kappa shape index (κ1) is 39.4. The number of carbonyl (C=O) groups excluding carboxylic acids is 1. The molecule has 19 heteroatoms. The Kier molecular flexibility index (Phi) is 13.8. The molecule has 3 aromatic rings. The number of anilines is 1. The van der Waals surface area contributed by atoms with Gasteiger partial charge in [-0.15, -0.1) is 11.3 Å². The Bertz CT molecular complexity index is 1460. The van der Waals surface area contributed by atoms with E-state index in [1.807, 2.05) is 57.2 Å². The van der Waals surface area contributed by atoms with Crippen LogP contribution in [0.4, 0.5) is 36.3 Å². The molecule has 12 nitrogen and oxygen atoms in total. The van der Waals surface area contributed by atoms with Crippen molar-refractivity contribution in [2.75, 3.05) is 38.3 Å². The maximum Gasteiger partial charge on any atom is 0.490 e. The van der Waals surface area contributed by atoms with Crippen molar-refractivity contribution >= 4 is 34.5 Å². The molecule has 1 saturated heterocycles. The maximum atomic E-state index is 12.7. The number of rotatable bonds is 6. The van der Waals surface area contributed by atoms with Crippen molar-refractivity contribution in [1.82, 2.24) is 14.9 Å². The zero-order chi connectivity index (χ0) is 36.3. The van der Waals surface area contributed by atoms with Gasteiger partial charge in [0, 0.05) is 36.8 Å². The van der Waals surface area contributed by atoms with Crippen molar-refractivity contribution in [3.63, 3.8) is 0 Å². The number of thiazole rings is 1. The van der Waals surface area contributed by atoms with Crippen LogP contribution in [0.3, 0.4) is 0 Å². The summed E-state index contributed by atoms with van der Waals surface area (Å²) in [7, 11) is 1.65. The predicted octanol–water partition coefficient (Wildman–Crippen LogP) is 5.99. The highest BCUT2D eigenvalue weighted by Gasteiger charge is 2.39. The lowest BCUT2D eigenvalue weighted by Gasteiger charge is -2.41. The number of carbonyl (C=O) groups is 3. The summed E-state index contributed by atoms with van der Waals surface area (Å²) >= 11 is 1.59. The number of alkyl halides is 6. The van der Waals surface area contributed by atoms with Gasteiger partial charge in [-0.1, -0.05) is 0 Å². The summed E-state index contributed by atoms with van der Waals surface area (Å²) in [5.41, 5.74) is 1.39. The number of hydrogen-bond donors (Lipinski definition) is 2. The molecule has 1 unspecified atom stereocenters. The largest absolute Gasteiger partial charge is 0.497 e. The van der Waals surface area contributed by atoms with Gasteiger partial charge in [0.15, 0.2) is 5.13 Å². The van der Waals surface area contributed by atoms with Crippen LogP contribution in [-0.4, -0.2) is 100 Å². The number of carboxylic acids is 2. The normalized spacial score (nSPS) is 14.8. The fourth-order valence-electron chi connectivity index (χ4n) is 3.66. The monoisotopic (exact) mass is 710 g/mol. The standard InChI is InChI=1S/C25H30N4O4S.2C2HF3O2/c1-25(2,3)33-24(30)28-12-13-29(19(15-28)16-32-21-6-5-11-26-14-21)23-27-22(17-34-23)18-7-9-20(31-4)10-8-18;2*3-2(4,5)1(6)7/h5-11,14,17,19H,12-13,15-16H2,1-4H3;2*(H,6,7). The van der Waals surface area contributed by atoms with Crippen molar-refractivity contribution < 1.29 is 65.1 Å². The van der Waals surface area contributed by atoms with Gasteiger partial charge in [0.25, 0.3) is 0 Å². The van der Waals surface area contributed by atoms with Crippen LogP contribution in [0.1, 0.15) is 20.8 Å². The molecule has 0 aliphatic carbocycles. The van der Waals surface area contributed by atoms with E-state index >= 15 is 0 Å². The second kappa shape index (κ2) is 16.8. The first-order chi connectivity index (χ1) is 22.2. The van der Waals surface area contributed by atoms with Gasteiger partial charge in [0.2, 0.25) is 0 Å². The van der Waals surface area contributed by atoms with Crippen LogP contribution in [0.5, 0.6) is 11.5 Å². The Morgan fingerprint density at radius 3 is 2.00 bits per heavy atom. The highest BCUT2D eigenvalue weighted by atomic mass is 32.1. The van der Waals surface area contributed by atoms with E-state index in [1.54, 1.807) is 35.7 Å². The number of ether oxygens (including phenoxy) is 3. The van der Waals surface area contributed by atoms with Crippen molar-refractivity contribution in [2.24, 2.45) is 0 Å². The topological polar surface area (TPSA) is 152 Å². The van der Waals surface area contributed by atoms with Crippen LogP contribution < -0.4 is 14.4 Å². The predicted molar refractivity (Wildman–Crippen MR) is 160 cm³/mol. The van der Waals surface area contributed by atoms with Gasteiger partial charge >= 0.3 is 30.4 Å². The molecular formula is C29H32F6N4O8S. The van der Waals surface area contributed by atoms with Crippen LogP contribution in [0.15, 0.2) is 54.2 Å². The Balaban J connectivity index is 0.000000479. The van der Waals surface area contributed by atoms with Gasteiger partial charge < -0.3 is 34.2 Å². The molecule has 1 amide bonds. The number of benzene rings is 1. The van der Waals surface area contributed by atoms with Gasteiger partial charge in [-0.3, -0.25) is 4.98 Å². The van der Waals surface area contributed by atoms with Crippen molar-refractivity contribution in [2.45, 2.75) is 44.8 Å². The van der Waals surface area contributed by atoms with Gasteiger partial charge in [-0.25, -0.2) is 19.4 Å². The molecule has 0 spiro atoms. The third kappa shape index (κ3) is 13.1. The average molecular weight is 711 g/mol. The highest BCUT2D eigenvalue weighted by molar-refractivity contribution is 7.14. The zero-order valence-electron chi connectivity index (χ0n) is 25.9. The molecule has 1 aliphatic heterocycles. The van der Waals surface area contributed by atoms with E-state index in [9.17, 15) is 31.1 Å². The lowest BCUT2D eigenvalue weighted by atomic mass is 10.1. The molecule has 1 aliphatic rings. The molecule has 0 saturated carbocycles. The number of piperazine rings is 1. The summed E-state index contributed by atoms with van der Waals surface area (Å²) in [6.07, 6.45) is -7.08. The Hall–Kier alpha value is -4.81. The summed E-state index contributed by atoms with van der Waals surface area (Å²) in [6.45, 7) is 7.68. The number of amides is 1. The number of carboxylic acid groups (broad SMARTS) is 2. The van der Waals surface area contributed by atoms with Gasteiger partial charge in [0.1, 0.15) is 23.7 Å². The highest BCUT2D eigenvalue weighted by Crippen LogP contribution is 2.31. The minimum Gasteiger partial charge on any atom is -0.497 e. The molecule has 48 heavy (non-hydrogen) atoms. The number of nitrogens with zero attached hydrogens (tertiary/aromatic N) is 4. The summed E-state index contributed by atoms with van der Waals surface area (Å²) in [5, 5.41) is 17.2. The number of hydrogen-bond acceptors (Lipinski definition) is 10. The van der Waals surface area contributed by atoms with Gasteiger partial charge in [0.05, 0.1) is 25.0 Å². The summed E-state index contributed by atoms with van der Waals surface area (Å²) in [5.74, 6) is -4.01. The fraction of sp³-hybridized carbons (Fsp3) is 0.414. The SMILES string of the molecule is COc1ccc(-c2csc(N3CCN(C(=O)OC(C)(C)C)CC3COc3cccnc3)n2)cc1.O=C(O)C(F)(F)F.O=C(O)C(F)(F)F. The van der Waals surface area contributed by atoms with Crippen LogP contribution >= 0.6 is 11.3 Å². The Morgan fingerprint density at radius 1 is 0.938 bits per heavy atom. The summed E-state index contributed by atoms with van der Waals surface area (Å²) in [6, 6.07) is 11.5. The van der Waals surface area contributed by atoms with E-state index in [2.05, 4.69) is 15.3 Å². The van der Waals surface area contributed by atoms with E-state index in [0.29, 0.717) is 32.0 Å². The van der Waals surface area contributed by atoms with E-state index in [0.717, 1.165) is 22.1 Å². The van der Waals surface area contributed by atoms with Crippen LogP contribution in [-0.2, 0) is 14.3 Å². The third-order valence-electron chi connectivity index (χ3n) is 5.82. The van der Waals surface area contributed by atoms with Crippen molar-refractivity contribution in [3.05, 3.63) is 54.2 Å². The Labute approximate surface area is 274 Å². The quantitative estimate of drug-likeness (QED) is 0.291. The van der Waals surface area contributed by atoms with Gasteiger partial charge in [-0.2, -0.15) is 26.3 Å². The molecule has 1 fully saturated rings. The van der Waals surface area contributed by atoms with Crippen LogP contribution in [0.25, 0.3) is 11.3 Å². The van der Waals surface area contributed by atoms with E-state index in [-0.39, 0.29) is 12.1 Å². The molecule has 0 radical (unpaired) electrons. The molecule has 1 aromatic carbocycles. The van der Waals surface area contributed by atoms with E-state index < -0.39 is 29.9 Å². The molecule has 1 atom stereocenters. The maximum absolute atomic E-state index is 12.7. The second-order valence-electron chi connectivity index (χ2n) is 10.6. The minimum absolute atomic E-state index is 0.0867. The molecule has 2 aromatic heterocycles. The number of aromatic nitrogens is 2. The number of pyridine rings is 1. The lowest BCUT2D eigenvalue weighted by molar-refractivity contribution is -0.193. The van der Waals surface area contributed by atoms with Crippen molar-refractivity contribution in [1.29, 1.82) is 0 Å². The average Bonchev–Trinajstić information content (AvgIpc) is 3.49. The van der Waals surface area contributed by atoms with E-state index in [1.165, 1.54) is 0 Å². The zero-order valence-corrected chi connectivity index (χ0v) is 26.7. The Morgan fingerprint density at radius 2 is 1.52 bits per heavy atom. The van der Waals surface area contributed by atoms with Crippen LogP contribution in [0, 0.1) is 0 Å². The van der Waals surface area contributed by atoms with Crippen molar-refractivity contribution in [3.8, 4) is 22.8 Å². The molecular weight excluding hydrogens is 678 g/mol. The van der Waals surface area contributed by atoms with Crippen LogP contribution in [0.2, 0.25) is 0 Å². The second-order valence-corrected chi connectivity index (χ2v) is 11.5. The molecule has 4 rings (SSSR count). The first-order valence-corrected chi connectivity index (χ1v) is 14.6. The number of methoxy groups -OCH3 is 1. The molecule has 2 N–H and O–H groups in total. The molecule has 264 valence electrons.